The van der Waals surface area contributed by atoms with Crippen LogP contribution >= 0.6 is 0 Å². The van der Waals surface area contributed by atoms with Crippen LogP contribution in [-0.2, 0) is 26.5 Å². The fourth-order valence-corrected chi connectivity index (χ4v) is 8.55. The summed E-state index contributed by atoms with van der Waals surface area (Å²) in [5.41, 5.74) is 11.0. The minimum absolute atomic E-state index is 0. The van der Waals surface area contributed by atoms with Crippen LogP contribution in [0.1, 0.15) is 37.5 Å². The van der Waals surface area contributed by atoms with Gasteiger partial charge in [-0.25, -0.2) is 4.39 Å². The molecule has 3 heterocycles. The summed E-state index contributed by atoms with van der Waals surface area (Å²) < 4.78 is 23.7. The summed E-state index contributed by atoms with van der Waals surface area (Å²) in [5, 5.41) is 6.02. The van der Waals surface area contributed by atoms with Crippen molar-refractivity contribution in [2.45, 2.75) is 46.8 Å². The smallest absolute Gasteiger partial charge is 0.134 e. The Kier molecular flexibility index (Phi) is 11.3. The molecule has 0 unspecified atom stereocenters. The standard InChI is InChI=1S/C34H30NO.C16H19FNSi.Ir/c1-22-16-17-28-32-27(26-13-8-11-24-10-6-7-12-25(24)26)14-9-15-30(32)36-33(28)31(22)29-20-23(18-19-35(29)5)21-34(2,3)4;1-12-6-7-13(17)10-15(12)16-9-8-14(11-18(16)2)19(3,4)5;/h6-20H,1,5,21H2,2-4H3;6-11H,1-2H2,3-5H3;/q2*-1;. The Morgan fingerprint density at radius 2 is 1.38 bits per heavy atom. The number of furan rings is 1. The zero-order valence-electron chi connectivity index (χ0n) is 33.2. The van der Waals surface area contributed by atoms with Gasteiger partial charge in [0.05, 0.1) is 43.3 Å². The maximum atomic E-state index is 13.4. The third-order valence-electron chi connectivity index (χ3n) is 10.2. The Balaban J connectivity index is 0.000000226. The molecule has 8 aromatic rings. The molecule has 0 aliphatic rings. The van der Waals surface area contributed by atoms with Gasteiger partial charge in [-0.2, -0.15) is 37.1 Å². The first kappa shape index (κ1) is 40.4. The maximum Gasteiger partial charge on any atom is 0.134 e. The summed E-state index contributed by atoms with van der Waals surface area (Å²) in [7, 11) is 6.95. The second-order valence-electron chi connectivity index (χ2n) is 16.7. The molecule has 8 rings (SSSR count). The molecule has 56 heavy (non-hydrogen) atoms. The van der Waals surface area contributed by atoms with Crippen LogP contribution in [0.3, 0.4) is 0 Å². The van der Waals surface area contributed by atoms with E-state index in [2.05, 4.69) is 159 Å². The summed E-state index contributed by atoms with van der Waals surface area (Å²) in [4.78, 5) is 0. The molecular weight excluding hydrogens is 884 g/mol. The summed E-state index contributed by atoms with van der Waals surface area (Å²) in [5.74, 6) is -0.253. The Morgan fingerprint density at radius 1 is 0.679 bits per heavy atom. The van der Waals surface area contributed by atoms with E-state index in [1.807, 2.05) is 27.6 Å². The van der Waals surface area contributed by atoms with Crippen LogP contribution in [0.5, 0.6) is 0 Å². The zero-order valence-corrected chi connectivity index (χ0v) is 36.6. The van der Waals surface area contributed by atoms with E-state index in [0.717, 1.165) is 62.0 Å². The molecule has 0 saturated heterocycles. The number of fused-ring (bicyclic) bond motifs is 4. The number of aromatic nitrogens is 2. The van der Waals surface area contributed by atoms with Crippen molar-refractivity contribution in [3.63, 3.8) is 0 Å². The molecule has 3 aromatic heterocycles. The van der Waals surface area contributed by atoms with E-state index in [1.54, 1.807) is 6.07 Å². The first-order valence-corrected chi connectivity index (χ1v) is 22.2. The van der Waals surface area contributed by atoms with E-state index in [4.69, 9.17) is 4.42 Å². The predicted octanol–water partition coefficient (Wildman–Crippen LogP) is 11.9. The Hall–Kier alpha value is -5.26. The molecule has 5 aromatic carbocycles. The molecule has 0 fully saturated rings. The van der Waals surface area contributed by atoms with Crippen molar-refractivity contribution in [2.75, 3.05) is 0 Å². The zero-order chi connectivity index (χ0) is 39.2. The van der Waals surface area contributed by atoms with Crippen LogP contribution in [0.2, 0.25) is 19.6 Å². The first-order chi connectivity index (χ1) is 26.1. The molecule has 0 spiro atoms. The average Bonchev–Trinajstić information content (AvgIpc) is 3.52. The monoisotopic (exact) mass is 933 g/mol. The van der Waals surface area contributed by atoms with E-state index >= 15 is 0 Å². The van der Waals surface area contributed by atoms with E-state index < -0.39 is 8.07 Å². The van der Waals surface area contributed by atoms with Crippen molar-refractivity contribution >= 4 is 46.0 Å². The SMILES string of the molecule is [CH2-]c1ccc(F)cc1-c1ccc([Si](C)(C)C)c[n+]1[CH2-].[CH2-]c1ccc2c(oc3cccc(-c4cccc5ccccc45)c32)c1-c1cc(CC(C)(C)C)cc[n+]1[CH2-].[Ir]. The summed E-state index contributed by atoms with van der Waals surface area (Å²) in [6, 6.07) is 38.8. The third kappa shape index (κ3) is 8.15. The number of halogens is 1. The number of pyridine rings is 2. The van der Waals surface area contributed by atoms with Gasteiger partial charge in [0.15, 0.2) is 0 Å². The van der Waals surface area contributed by atoms with Gasteiger partial charge in [-0.1, -0.05) is 148 Å². The van der Waals surface area contributed by atoms with Gasteiger partial charge in [-0.15, -0.1) is 11.6 Å². The van der Waals surface area contributed by atoms with Crippen LogP contribution < -0.4 is 14.3 Å². The van der Waals surface area contributed by atoms with Crippen molar-refractivity contribution in [1.29, 1.82) is 0 Å². The number of hydrogen-bond donors (Lipinski definition) is 0. The maximum absolute atomic E-state index is 13.4. The molecule has 0 saturated carbocycles. The van der Waals surface area contributed by atoms with Crippen LogP contribution in [0.4, 0.5) is 4.39 Å². The van der Waals surface area contributed by atoms with Gasteiger partial charge >= 0.3 is 0 Å². The number of benzene rings is 5. The normalized spacial score (nSPS) is 11.7. The van der Waals surface area contributed by atoms with Gasteiger partial charge in [0.1, 0.15) is 5.58 Å². The number of hydrogen-bond acceptors (Lipinski definition) is 1. The van der Waals surface area contributed by atoms with Crippen LogP contribution in [0.25, 0.3) is 66.4 Å². The van der Waals surface area contributed by atoms with Gasteiger partial charge in [0, 0.05) is 45.0 Å². The van der Waals surface area contributed by atoms with Crippen molar-refractivity contribution in [1.82, 2.24) is 0 Å². The largest absolute Gasteiger partial charge is 0.469 e. The van der Waals surface area contributed by atoms with Crippen molar-refractivity contribution in [3.8, 4) is 33.6 Å². The Labute approximate surface area is 346 Å². The molecular formula is C50H49FIrN2OSi-2. The fourth-order valence-electron chi connectivity index (χ4n) is 7.43. The van der Waals surface area contributed by atoms with E-state index in [-0.39, 0.29) is 31.3 Å². The molecule has 6 heteroatoms. The van der Waals surface area contributed by atoms with Crippen molar-refractivity contribution < 1.29 is 38.0 Å². The van der Waals surface area contributed by atoms with Crippen molar-refractivity contribution in [2.24, 2.45) is 5.41 Å². The topological polar surface area (TPSA) is 20.9 Å². The van der Waals surface area contributed by atoms with Crippen LogP contribution in [0.15, 0.2) is 132 Å². The fraction of sp³-hybridized carbons (Fsp3) is 0.160. The van der Waals surface area contributed by atoms with E-state index in [9.17, 15) is 4.39 Å². The Morgan fingerprint density at radius 3 is 2.11 bits per heavy atom. The van der Waals surface area contributed by atoms with Crippen LogP contribution in [-0.4, -0.2) is 8.07 Å². The summed E-state index contributed by atoms with van der Waals surface area (Å²) in [6.07, 6.45) is 5.07. The van der Waals surface area contributed by atoms with Crippen LogP contribution in [0, 0.1) is 39.2 Å². The van der Waals surface area contributed by atoms with Gasteiger partial charge in [0.2, 0.25) is 0 Å². The molecule has 0 aliphatic heterocycles. The Bertz CT molecular complexity index is 2710. The van der Waals surface area contributed by atoms with Gasteiger partial charge in [-0.05, 0) is 39.8 Å². The molecule has 0 aliphatic carbocycles. The number of nitrogens with zero attached hydrogens (tertiary/aromatic N) is 2. The molecule has 0 atom stereocenters. The minimum Gasteiger partial charge on any atom is -0.469 e. The number of rotatable bonds is 5. The van der Waals surface area contributed by atoms with Crippen molar-refractivity contribution in [3.05, 3.63) is 178 Å². The predicted molar refractivity (Wildman–Crippen MR) is 231 cm³/mol. The molecule has 1 radical (unpaired) electrons. The quantitative estimate of drug-likeness (QED) is 0.0957. The third-order valence-corrected chi connectivity index (χ3v) is 12.2. The van der Waals surface area contributed by atoms with Gasteiger partial charge in [0.25, 0.3) is 0 Å². The van der Waals surface area contributed by atoms with Gasteiger partial charge in [-0.3, -0.25) is 0 Å². The minimum atomic E-state index is -1.36. The second-order valence-corrected chi connectivity index (χ2v) is 21.8. The average molecular weight is 933 g/mol. The molecule has 0 amide bonds. The molecule has 3 nitrogen and oxygen atoms in total. The first-order valence-electron chi connectivity index (χ1n) is 18.7. The van der Waals surface area contributed by atoms with E-state index in [0.29, 0.717) is 0 Å². The second kappa shape index (κ2) is 15.7. The van der Waals surface area contributed by atoms with Gasteiger partial charge < -0.3 is 13.6 Å². The summed E-state index contributed by atoms with van der Waals surface area (Å²) in [6.45, 7) is 22.0. The molecule has 0 N–H and O–H groups in total. The molecule has 287 valence electrons. The van der Waals surface area contributed by atoms with E-state index in [1.165, 1.54) is 44.8 Å². The molecule has 0 bridgehead atoms. The summed E-state index contributed by atoms with van der Waals surface area (Å²) >= 11 is 0.